The van der Waals surface area contributed by atoms with Crippen molar-refractivity contribution in [3.63, 3.8) is 0 Å². The second-order valence-corrected chi connectivity index (χ2v) is 7.11. The summed E-state index contributed by atoms with van der Waals surface area (Å²) in [6.07, 6.45) is 5.11. The van der Waals surface area contributed by atoms with E-state index in [0.717, 1.165) is 37.1 Å². The summed E-state index contributed by atoms with van der Waals surface area (Å²) >= 11 is 1.34. The van der Waals surface area contributed by atoms with E-state index in [0.29, 0.717) is 11.7 Å². The van der Waals surface area contributed by atoms with Crippen LogP contribution in [0, 0.1) is 5.41 Å². The molecule has 2 rings (SSSR count). The summed E-state index contributed by atoms with van der Waals surface area (Å²) in [6, 6.07) is 0. The minimum absolute atomic E-state index is 0.102. The van der Waals surface area contributed by atoms with Crippen LogP contribution in [0.5, 0.6) is 0 Å². The third-order valence-electron chi connectivity index (χ3n) is 4.25. The number of aromatic nitrogens is 2. The van der Waals surface area contributed by atoms with Crippen LogP contribution in [0.2, 0.25) is 0 Å². The number of nitrogens with one attached hydrogen (secondary N) is 2. The number of carbonyl (C=O) groups is 2. The quantitative estimate of drug-likeness (QED) is 0.665. The molecule has 0 unspecified atom stereocenters. The van der Waals surface area contributed by atoms with Crippen LogP contribution < -0.4 is 10.6 Å². The van der Waals surface area contributed by atoms with E-state index in [4.69, 9.17) is 0 Å². The second kappa shape index (κ2) is 8.35. The predicted octanol–water partition coefficient (Wildman–Crippen LogP) is 1.49. The molecule has 2 amide bonds. The molecule has 1 saturated carbocycles. The molecular formula is C15H24N4O3S. The molecular weight excluding hydrogens is 316 g/mol. The number of carbonyl (C=O) groups excluding carboxylic acids is 2. The Bertz CT molecular complexity index is 541. The molecule has 0 bridgehead atoms. The lowest BCUT2D eigenvalue weighted by Gasteiger charge is -2.26. The van der Waals surface area contributed by atoms with E-state index in [1.807, 2.05) is 6.92 Å². The van der Waals surface area contributed by atoms with Gasteiger partial charge in [0.25, 0.3) is 0 Å². The summed E-state index contributed by atoms with van der Waals surface area (Å²) < 4.78 is 0. The largest absolute Gasteiger partial charge is 0.396 e. The van der Waals surface area contributed by atoms with Crippen molar-refractivity contribution in [3.05, 3.63) is 5.01 Å². The van der Waals surface area contributed by atoms with Gasteiger partial charge in [-0.3, -0.25) is 9.59 Å². The number of aliphatic hydroxyl groups excluding tert-OH is 1. The topological polar surface area (TPSA) is 104 Å². The van der Waals surface area contributed by atoms with Crippen LogP contribution in [0.15, 0.2) is 0 Å². The van der Waals surface area contributed by atoms with Crippen molar-refractivity contribution < 1.29 is 14.7 Å². The summed E-state index contributed by atoms with van der Waals surface area (Å²) in [4.78, 5) is 23.7. The molecule has 128 valence electrons. The molecule has 1 aliphatic carbocycles. The molecule has 8 heteroatoms. The molecule has 1 fully saturated rings. The van der Waals surface area contributed by atoms with Crippen LogP contribution in [-0.4, -0.2) is 40.3 Å². The highest BCUT2D eigenvalue weighted by molar-refractivity contribution is 7.15. The average molecular weight is 340 g/mol. The second-order valence-electron chi connectivity index (χ2n) is 6.04. The van der Waals surface area contributed by atoms with E-state index < -0.39 is 0 Å². The van der Waals surface area contributed by atoms with Crippen LogP contribution in [0.3, 0.4) is 0 Å². The van der Waals surface area contributed by atoms with Gasteiger partial charge in [-0.15, -0.1) is 10.2 Å². The van der Waals surface area contributed by atoms with Crippen LogP contribution >= 0.6 is 11.3 Å². The molecule has 0 aliphatic heterocycles. The molecule has 1 aliphatic rings. The molecule has 0 spiro atoms. The number of amides is 2. The summed E-state index contributed by atoms with van der Waals surface area (Å²) in [6.45, 7) is 2.56. The van der Waals surface area contributed by atoms with Crippen molar-refractivity contribution in [3.8, 4) is 0 Å². The maximum atomic E-state index is 11.9. The standard InChI is InChI=1S/C15H24N4O3S/c1-2-13-18-19-14(23-13)17-12(22)6-5-11(21)16-9-15(10-20)7-3-4-8-15/h20H,2-10H2,1H3,(H,16,21)(H,17,19,22). The van der Waals surface area contributed by atoms with Crippen LogP contribution in [-0.2, 0) is 16.0 Å². The van der Waals surface area contributed by atoms with Gasteiger partial charge in [0.05, 0.1) is 6.61 Å². The SMILES string of the molecule is CCc1nnc(NC(=O)CCC(=O)NCC2(CO)CCCC2)s1. The van der Waals surface area contributed by atoms with Gasteiger partial charge in [-0.2, -0.15) is 0 Å². The molecule has 0 aromatic carbocycles. The minimum atomic E-state index is -0.239. The number of hydrogen-bond donors (Lipinski definition) is 3. The fourth-order valence-electron chi connectivity index (χ4n) is 2.75. The number of nitrogens with zero attached hydrogens (tertiary/aromatic N) is 2. The molecule has 0 radical (unpaired) electrons. The summed E-state index contributed by atoms with van der Waals surface area (Å²) in [5, 5.41) is 24.1. The van der Waals surface area contributed by atoms with Gasteiger partial charge in [-0.25, -0.2) is 0 Å². The molecule has 1 aromatic rings. The number of aryl methyl sites for hydroxylation is 1. The van der Waals surface area contributed by atoms with Gasteiger partial charge >= 0.3 is 0 Å². The van der Waals surface area contributed by atoms with Gasteiger partial charge in [0, 0.05) is 24.8 Å². The zero-order valence-electron chi connectivity index (χ0n) is 13.4. The van der Waals surface area contributed by atoms with Crippen molar-refractivity contribution in [2.45, 2.75) is 51.9 Å². The Balaban J connectivity index is 1.68. The first-order valence-electron chi connectivity index (χ1n) is 8.07. The first-order valence-corrected chi connectivity index (χ1v) is 8.88. The van der Waals surface area contributed by atoms with E-state index in [1.54, 1.807) is 0 Å². The van der Waals surface area contributed by atoms with Crippen LogP contribution in [0.4, 0.5) is 5.13 Å². The molecule has 7 nitrogen and oxygen atoms in total. The van der Waals surface area contributed by atoms with E-state index in [1.165, 1.54) is 11.3 Å². The van der Waals surface area contributed by atoms with Crippen molar-refractivity contribution in [1.29, 1.82) is 0 Å². The zero-order chi connectivity index (χ0) is 16.7. The highest BCUT2D eigenvalue weighted by Crippen LogP contribution is 2.36. The molecule has 1 heterocycles. The maximum Gasteiger partial charge on any atom is 0.226 e. The first kappa shape index (κ1) is 17.8. The van der Waals surface area contributed by atoms with Gasteiger partial charge in [-0.1, -0.05) is 31.1 Å². The summed E-state index contributed by atoms with van der Waals surface area (Å²) in [7, 11) is 0. The normalized spacial score (nSPS) is 16.3. The van der Waals surface area contributed by atoms with Crippen molar-refractivity contribution in [2.75, 3.05) is 18.5 Å². The van der Waals surface area contributed by atoms with E-state index >= 15 is 0 Å². The average Bonchev–Trinajstić information content (AvgIpc) is 3.20. The molecule has 23 heavy (non-hydrogen) atoms. The zero-order valence-corrected chi connectivity index (χ0v) is 14.2. The summed E-state index contributed by atoms with van der Waals surface area (Å²) in [5.74, 6) is -0.400. The van der Waals surface area contributed by atoms with E-state index in [-0.39, 0.29) is 36.7 Å². The van der Waals surface area contributed by atoms with Crippen molar-refractivity contribution in [2.24, 2.45) is 5.41 Å². The smallest absolute Gasteiger partial charge is 0.226 e. The van der Waals surface area contributed by atoms with Gasteiger partial charge in [0.15, 0.2) is 0 Å². The predicted molar refractivity (Wildman–Crippen MR) is 88.1 cm³/mol. The van der Waals surface area contributed by atoms with Crippen molar-refractivity contribution in [1.82, 2.24) is 15.5 Å². The van der Waals surface area contributed by atoms with Gasteiger partial charge in [-0.05, 0) is 19.3 Å². The maximum absolute atomic E-state index is 11.9. The monoisotopic (exact) mass is 340 g/mol. The Labute approximate surface area is 139 Å². The lowest BCUT2D eigenvalue weighted by Crippen LogP contribution is -2.38. The van der Waals surface area contributed by atoms with Gasteiger partial charge in [0.1, 0.15) is 5.01 Å². The lowest BCUT2D eigenvalue weighted by atomic mass is 9.87. The van der Waals surface area contributed by atoms with E-state index in [9.17, 15) is 14.7 Å². The Morgan fingerprint density at radius 3 is 2.52 bits per heavy atom. The number of hydrogen-bond acceptors (Lipinski definition) is 6. The highest BCUT2D eigenvalue weighted by atomic mass is 32.1. The Morgan fingerprint density at radius 2 is 1.91 bits per heavy atom. The van der Waals surface area contributed by atoms with Crippen molar-refractivity contribution >= 4 is 28.3 Å². The molecule has 1 aromatic heterocycles. The Hall–Kier alpha value is -1.54. The highest BCUT2D eigenvalue weighted by Gasteiger charge is 2.33. The third-order valence-corrected chi connectivity index (χ3v) is 5.24. The first-order chi connectivity index (χ1) is 11.1. The van der Waals surface area contributed by atoms with Crippen LogP contribution in [0.25, 0.3) is 0 Å². The third kappa shape index (κ3) is 5.24. The number of aliphatic hydroxyl groups is 1. The summed E-state index contributed by atoms with van der Waals surface area (Å²) in [5.41, 5.74) is -0.166. The van der Waals surface area contributed by atoms with E-state index in [2.05, 4.69) is 20.8 Å². The van der Waals surface area contributed by atoms with Gasteiger partial charge in [0.2, 0.25) is 16.9 Å². The van der Waals surface area contributed by atoms with Crippen LogP contribution in [0.1, 0.15) is 50.5 Å². The molecule has 0 atom stereocenters. The number of anilines is 1. The fourth-order valence-corrected chi connectivity index (χ4v) is 3.44. The lowest BCUT2D eigenvalue weighted by molar-refractivity contribution is -0.124. The Morgan fingerprint density at radius 1 is 1.22 bits per heavy atom. The minimum Gasteiger partial charge on any atom is -0.396 e. The molecule has 3 N–H and O–H groups in total. The Kier molecular flexibility index (Phi) is 6.47. The fraction of sp³-hybridized carbons (Fsp3) is 0.733. The van der Waals surface area contributed by atoms with Gasteiger partial charge < -0.3 is 15.7 Å². The molecule has 0 saturated heterocycles. The number of rotatable bonds is 8.